The molecule has 4 nitrogen and oxygen atoms in total. The number of nitrogen functional groups attached to an aromatic ring is 1. The van der Waals surface area contributed by atoms with E-state index in [1.54, 1.807) is 6.07 Å². The van der Waals surface area contributed by atoms with Gasteiger partial charge in [0.05, 0.1) is 5.69 Å². The molecule has 1 rings (SSSR count). The summed E-state index contributed by atoms with van der Waals surface area (Å²) in [5, 5.41) is 0.484. The first kappa shape index (κ1) is 15.1. The average molecular weight is 271 g/mol. The highest BCUT2D eigenvalue weighted by Gasteiger charge is 2.13. The molecule has 0 aliphatic heterocycles. The molecule has 1 aromatic rings. The van der Waals surface area contributed by atoms with E-state index < -0.39 is 0 Å². The van der Waals surface area contributed by atoms with Crippen molar-refractivity contribution in [3.63, 3.8) is 0 Å². The zero-order chi connectivity index (χ0) is 13.7. The van der Waals surface area contributed by atoms with Crippen LogP contribution in [0.4, 0.5) is 11.5 Å². The number of anilines is 2. The quantitative estimate of drug-likeness (QED) is 0.806. The Bertz CT molecular complexity index is 379. The maximum Gasteiger partial charge on any atom is 0.153 e. The second kappa shape index (κ2) is 6.81. The van der Waals surface area contributed by atoms with E-state index in [0.29, 0.717) is 16.8 Å². The predicted octanol–water partition coefficient (Wildman–Crippen LogP) is 2.34. The topological polar surface area (TPSA) is 45.4 Å². The lowest BCUT2D eigenvalue weighted by atomic mass is 10.2. The van der Waals surface area contributed by atoms with Gasteiger partial charge in [0.1, 0.15) is 5.15 Å². The third kappa shape index (κ3) is 4.70. The van der Waals surface area contributed by atoms with Gasteiger partial charge in [0, 0.05) is 19.6 Å². The van der Waals surface area contributed by atoms with Crippen molar-refractivity contribution in [1.29, 1.82) is 0 Å². The molecule has 0 aliphatic carbocycles. The van der Waals surface area contributed by atoms with Gasteiger partial charge in [-0.15, -0.1) is 0 Å². The Kier molecular flexibility index (Phi) is 5.69. The lowest BCUT2D eigenvalue weighted by Gasteiger charge is -2.28. The normalized spacial score (nSPS) is 11.3. The highest BCUT2D eigenvalue weighted by Crippen LogP contribution is 2.23. The molecule has 102 valence electrons. The van der Waals surface area contributed by atoms with Crippen LogP contribution in [0.5, 0.6) is 0 Å². The smallest absolute Gasteiger partial charge is 0.153 e. The highest BCUT2D eigenvalue weighted by molar-refractivity contribution is 6.29. The Morgan fingerprint density at radius 3 is 2.50 bits per heavy atom. The van der Waals surface area contributed by atoms with Crippen molar-refractivity contribution in [1.82, 2.24) is 9.88 Å². The summed E-state index contributed by atoms with van der Waals surface area (Å²) >= 11 is 5.96. The van der Waals surface area contributed by atoms with Gasteiger partial charge in [-0.05, 0) is 32.1 Å². The van der Waals surface area contributed by atoms with Crippen molar-refractivity contribution in [2.45, 2.75) is 13.8 Å². The Morgan fingerprint density at radius 1 is 1.28 bits per heavy atom. The first-order valence-electron chi connectivity index (χ1n) is 6.22. The van der Waals surface area contributed by atoms with Gasteiger partial charge in [0.2, 0.25) is 0 Å². The third-order valence-electron chi connectivity index (χ3n) is 2.57. The van der Waals surface area contributed by atoms with Gasteiger partial charge >= 0.3 is 0 Å². The zero-order valence-corrected chi connectivity index (χ0v) is 12.4. The molecule has 0 fully saturated rings. The Labute approximate surface area is 115 Å². The molecule has 18 heavy (non-hydrogen) atoms. The number of aromatic nitrogens is 1. The van der Waals surface area contributed by atoms with Gasteiger partial charge in [-0.2, -0.15) is 0 Å². The van der Waals surface area contributed by atoms with E-state index in [2.05, 4.69) is 42.7 Å². The molecule has 0 bridgehead atoms. The number of rotatable bonds is 6. The van der Waals surface area contributed by atoms with Crippen LogP contribution >= 0.6 is 11.6 Å². The standard InChI is InChI=1S/C13H23ClN4/c1-10(2)9-18(8-7-17(3)4)13-11(15)5-6-12(14)16-13/h5-6,10H,7-9,15H2,1-4H3. The van der Waals surface area contributed by atoms with Crippen molar-refractivity contribution in [3.05, 3.63) is 17.3 Å². The van der Waals surface area contributed by atoms with Crippen LogP contribution < -0.4 is 10.6 Å². The fourth-order valence-electron chi connectivity index (χ4n) is 1.73. The maximum absolute atomic E-state index is 6.00. The van der Waals surface area contributed by atoms with Gasteiger partial charge in [-0.1, -0.05) is 25.4 Å². The lowest BCUT2D eigenvalue weighted by Crippen LogP contribution is -2.35. The van der Waals surface area contributed by atoms with Gasteiger partial charge < -0.3 is 15.5 Å². The van der Waals surface area contributed by atoms with Crippen LogP contribution in [-0.4, -0.2) is 43.6 Å². The second-order valence-corrected chi connectivity index (χ2v) is 5.58. The molecule has 0 aromatic carbocycles. The van der Waals surface area contributed by atoms with Gasteiger partial charge in [0.15, 0.2) is 5.82 Å². The fourth-order valence-corrected chi connectivity index (χ4v) is 1.88. The molecule has 0 atom stereocenters. The summed E-state index contributed by atoms with van der Waals surface area (Å²) < 4.78 is 0. The summed E-state index contributed by atoms with van der Waals surface area (Å²) in [4.78, 5) is 8.70. The summed E-state index contributed by atoms with van der Waals surface area (Å²) in [5.74, 6) is 1.34. The van der Waals surface area contributed by atoms with E-state index >= 15 is 0 Å². The Morgan fingerprint density at radius 2 is 1.94 bits per heavy atom. The first-order chi connectivity index (χ1) is 8.40. The molecule has 0 saturated carbocycles. The van der Waals surface area contributed by atoms with E-state index in [0.717, 1.165) is 25.5 Å². The minimum absolute atomic E-state index is 0.484. The van der Waals surface area contributed by atoms with Gasteiger partial charge in [-0.3, -0.25) is 0 Å². The molecule has 5 heteroatoms. The minimum atomic E-state index is 0.484. The molecular weight excluding hydrogens is 248 g/mol. The van der Waals surface area contributed by atoms with Crippen LogP contribution in [0.25, 0.3) is 0 Å². The number of nitrogens with two attached hydrogens (primary N) is 1. The fraction of sp³-hybridized carbons (Fsp3) is 0.615. The van der Waals surface area contributed by atoms with Crippen molar-refractivity contribution < 1.29 is 0 Å². The van der Waals surface area contributed by atoms with Crippen LogP contribution in [0.2, 0.25) is 5.15 Å². The van der Waals surface area contributed by atoms with E-state index in [9.17, 15) is 0 Å². The summed E-state index contributed by atoms with van der Waals surface area (Å²) in [5.41, 5.74) is 6.68. The Hall–Kier alpha value is -1.00. The van der Waals surface area contributed by atoms with Crippen molar-refractivity contribution >= 4 is 23.1 Å². The summed E-state index contributed by atoms with van der Waals surface area (Å²) in [6, 6.07) is 3.54. The third-order valence-corrected chi connectivity index (χ3v) is 2.78. The van der Waals surface area contributed by atoms with Gasteiger partial charge in [0.25, 0.3) is 0 Å². The summed E-state index contributed by atoms with van der Waals surface area (Å²) in [6.45, 7) is 7.14. The van der Waals surface area contributed by atoms with Crippen LogP contribution in [0.3, 0.4) is 0 Å². The van der Waals surface area contributed by atoms with Crippen molar-refractivity contribution in [2.75, 3.05) is 44.4 Å². The molecule has 0 aliphatic rings. The maximum atomic E-state index is 6.00. The molecule has 0 spiro atoms. The van der Waals surface area contributed by atoms with Crippen LogP contribution in [-0.2, 0) is 0 Å². The summed E-state index contributed by atoms with van der Waals surface area (Å²) in [7, 11) is 4.12. The van der Waals surface area contributed by atoms with Crippen molar-refractivity contribution in [2.24, 2.45) is 5.92 Å². The molecule has 0 radical (unpaired) electrons. The van der Waals surface area contributed by atoms with Gasteiger partial charge in [-0.25, -0.2) is 4.98 Å². The number of pyridine rings is 1. The lowest BCUT2D eigenvalue weighted by molar-refractivity contribution is 0.408. The van der Waals surface area contributed by atoms with E-state index in [1.165, 1.54) is 0 Å². The van der Waals surface area contributed by atoms with E-state index in [-0.39, 0.29) is 0 Å². The monoisotopic (exact) mass is 270 g/mol. The van der Waals surface area contributed by atoms with E-state index in [4.69, 9.17) is 17.3 Å². The zero-order valence-electron chi connectivity index (χ0n) is 11.7. The SMILES string of the molecule is CC(C)CN(CCN(C)C)c1nc(Cl)ccc1N. The van der Waals surface area contributed by atoms with Crippen molar-refractivity contribution in [3.8, 4) is 0 Å². The van der Waals surface area contributed by atoms with Crippen LogP contribution in [0, 0.1) is 5.92 Å². The van der Waals surface area contributed by atoms with Crippen LogP contribution in [0.1, 0.15) is 13.8 Å². The largest absolute Gasteiger partial charge is 0.396 e. The summed E-state index contributed by atoms with van der Waals surface area (Å²) in [6.07, 6.45) is 0. The average Bonchev–Trinajstić information content (AvgIpc) is 2.27. The second-order valence-electron chi connectivity index (χ2n) is 5.19. The molecule has 1 aromatic heterocycles. The van der Waals surface area contributed by atoms with Crippen LogP contribution in [0.15, 0.2) is 12.1 Å². The highest BCUT2D eigenvalue weighted by atomic mass is 35.5. The molecular formula is C13H23ClN4. The number of hydrogen-bond donors (Lipinski definition) is 1. The molecule has 0 amide bonds. The number of halogens is 1. The molecule has 0 unspecified atom stereocenters. The molecule has 2 N–H and O–H groups in total. The van der Waals surface area contributed by atoms with E-state index in [1.807, 2.05) is 6.07 Å². The number of likely N-dealkylation sites (N-methyl/N-ethyl adjacent to an activating group) is 1. The molecule has 1 heterocycles. The molecule has 0 saturated heterocycles. The first-order valence-corrected chi connectivity index (χ1v) is 6.59. The Balaban J connectivity index is 2.89. The number of hydrogen-bond acceptors (Lipinski definition) is 4. The minimum Gasteiger partial charge on any atom is -0.396 e. The predicted molar refractivity (Wildman–Crippen MR) is 79.3 cm³/mol. The number of nitrogens with zero attached hydrogens (tertiary/aromatic N) is 3.